The van der Waals surface area contributed by atoms with E-state index in [0.29, 0.717) is 31.0 Å². The quantitative estimate of drug-likeness (QED) is 0.929. The number of amides is 1. The molecule has 0 spiro atoms. The maximum absolute atomic E-state index is 13.8. The standard InChI is InChI=1S/C16H20F2N2O/c1-9-4-10(7-19)8-20(9)16(21)14-6-13(14)12-3-2-11(17)5-15(12)18/h2-3,5,9-10,13-14H,4,6-8,19H2,1H3. The van der Waals surface area contributed by atoms with Gasteiger partial charge in [0.2, 0.25) is 5.91 Å². The van der Waals surface area contributed by atoms with Gasteiger partial charge in [0.1, 0.15) is 11.6 Å². The lowest BCUT2D eigenvalue weighted by Crippen LogP contribution is -2.35. The molecule has 1 aliphatic heterocycles. The van der Waals surface area contributed by atoms with Gasteiger partial charge in [-0.3, -0.25) is 4.79 Å². The van der Waals surface area contributed by atoms with Crippen LogP contribution >= 0.6 is 0 Å². The minimum Gasteiger partial charge on any atom is -0.339 e. The maximum Gasteiger partial charge on any atom is 0.226 e. The normalized spacial score (nSPS) is 31.5. The lowest BCUT2D eigenvalue weighted by Gasteiger charge is -2.21. The van der Waals surface area contributed by atoms with Crippen molar-refractivity contribution >= 4 is 5.91 Å². The van der Waals surface area contributed by atoms with Crippen LogP contribution in [0.15, 0.2) is 18.2 Å². The fraction of sp³-hybridized carbons (Fsp3) is 0.562. The Morgan fingerprint density at radius 1 is 1.38 bits per heavy atom. The monoisotopic (exact) mass is 294 g/mol. The average Bonchev–Trinajstić information content (AvgIpc) is 3.13. The van der Waals surface area contributed by atoms with E-state index in [1.165, 1.54) is 12.1 Å². The van der Waals surface area contributed by atoms with Crippen molar-refractivity contribution in [3.05, 3.63) is 35.4 Å². The summed E-state index contributed by atoms with van der Waals surface area (Å²) < 4.78 is 26.7. The third-order valence-electron chi connectivity index (χ3n) is 4.75. The number of hydrogen-bond acceptors (Lipinski definition) is 2. The molecule has 0 aromatic heterocycles. The Kier molecular flexibility index (Phi) is 3.69. The Labute approximate surface area is 123 Å². The van der Waals surface area contributed by atoms with Crippen LogP contribution in [-0.2, 0) is 4.79 Å². The molecule has 3 rings (SSSR count). The summed E-state index contributed by atoms with van der Waals surface area (Å²) in [7, 11) is 0. The maximum atomic E-state index is 13.8. The molecule has 1 aromatic carbocycles. The topological polar surface area (TPSA) is 46.3 Å². The van der Waals surface area contributed by atoms with E-state index in [1.54, 1.807) is 0 Å². The van der Waals surface area contributed by atoms with Gasteiger partial charge < -0.3 is 10.6 Å². The molecule has 1 amide bonds. The lowest BCUT2D eigenvalue weighted by molar-refractivity contribution is -0.133. The number of halogens is 2. The highest BCUT2D eigenvalue weighted by molar-refractivity contribution is 5.83. The Morgan fingerprint density at radius 3 is 2.76 bits per heavy atom. The first kappa shape index (κ1) is 14.4. The second-order valence-corrected chi connectivity index (χ2v) is 6.29. The van der Waals surface area contributed by atoms with Crippen LogP contribution in [0.25, 0.3) is 0 Å². The number of carbonyl (C=O) groups is 1. The van der Waals surface area contributed by atoms with Gasteiger partial charge in [-0.05, 0) is 49.8 Å². The zero-order valence-electron chi connectivity index (χ0n) is 12.1. The predicted octanol–water partition coefficient (Wildman–Crippen LogP) is 2.26. The molecule has 0 radical (unpaired) electrons. The average molecular weight is 294 g/mol. The van der Waals surface area contributed by atoms with E-state index in [4.69, 9.17) is 5.73 Å². The van der Waals surface area contributed by atoms with Crippen molar-refractivity contribution in [3.8, 4) is 0 Å². The van der Waals surface area contributed by atoms with Crippen LogP contribution in [0, 0.1) is 23.5 Å². The highest BCUT2D eigenvalue weighted by atomic mass is 19.1. The predicted molar refractivity (Wildman–Crippen MR) is 75.5 cm³/mol. The number of rotatable bonds is 3. The third kappa shape index (κ3) is 2.67. The van der Waals surface area contributed by atoms with E-state index >= 15 is 0 Å². The number of benzene rings is 1. The van der Waals surface area contributed by atoms with Gasteiger partial charge in [-0.2, -0.15) is 0 Å². The summed E-state index contributed by atoms with van der Waals surface area (Å²) in [5.74, 6) is -0.953. The van der Waals surface area contributed by atoms with Crippen molar-refractivity contribution in [1.29, 1.82) is 0 Å². The van der Waals surface area contributed by atoms with Gasteiger partial charge in [0, 0.05) is 24.6 Å². The number of hydrogen-bond donors (Lipinski definition) is 1. The van der Waals surface area contributed by atoms with E-state index in [9.17, 15) is 13.6 Å². The summed E-state index contributed by atoms with van der Waals surface area (Å²) in [6.45, 7) is 3.32. The molecular weight excluding hydrogens is 274 g/mol. The summed E-state index contributed by atoms with van der Waals surface area (Å²) in [6.07, 6.45) is 1.59. The van der Waals surface area contributed by atoms with Crippen LogP contribution in [0.2, 0.25) is 0 Å². The first-order valence-electron chi connectivity index (χ1n) is 7.46. The van der Waals surface area contributed by atoms with Crippen LogP contribution < -0.4 is 5.73 Å². The van der Waals surface area contributed by atoms with Gasteiger partial charge in [0.25, 0.3) is 0 Å². The third-order valence-corrected chi connectivity index (χ3v) is 4.75. The molecule has 1 saturated carbocycles. The molecular formula is C16H20F2N2O. The van der Waals surface area contributed by atoms with Gasteiger partial charge in [-0.1, -0.05) is 6.07 Å². The zero-order valence-corrected chi connectivity index (χ0v) is 12.1. The molecule has 4 unspecified atom stereocenters. The summed E-state index contributed by atoms with van der Waals surface area (Å²) in [5, 5.41) is 0. The van der Waals surface area contributed by atoms with Crippen molar-refractivity contribution in [2.24, 2.45) is 17.6 Å². The van der Waals surface area contributed by atoms with E-state index in [1.807, 2.05) is 11.8 Å². The van der Waals surface area contributed by atoms with Crippen LogP contribution in [0.3, 0.4) is 0 Å². The number of nitrogens with two attached hydrogens (primary N) is 1. The minimum atomic E-state index is -0.585. The van der Waals surface area contributed by atoms with Crippen LogP contribution in [0.1, 0.15) is 31.2 Å². The molecule has 0 bridgehead atoms. The van der Waals surface area contributed by atoms with E-state index in [0.717, 1.165) is 12.5 Å². The molecule has 2 N–H and O–H groups in total. The van der Waals surface area contributed by atoms with Crippen molar-refractivity contribution in [3.63, 3.8) is 0 Å². The molecule has 1 heterocycles. The molecule has 1 aromatic rings. The molecule has 114 valence electrons. The Bertz CT molecular complexity index is 563. The smallest absolute Gasteiger partial charge is 0.226 e. The number of nitrogens with zero attached hydrogens (tertiary/aromatic N) is 1. The second kappa shape index (κ2) is 5.37. The molecule has 1 saturated heterocycles. The SMILES string of the molecule is CC1CC(CN)CN1C(=O)C1CC1c1ccc(F)cc1F. The Hall–Kier alpha value is -1.49. The fourth-order valence-electron chi connectivity index (χ4n) is 3.45. The van der Waals surface area contributed by atoms with Crippen molar-refractivity contribution in [2.45, 2.75) is 31.7 Å². The molecule has 4 atom stereocenters. The highest BCUT2D eigenvalue weighted by Crippen LogP contribution is 2.50. The molecule has 5 heteroatoms. The fourth-order valence-corrected chi connectivity index (χ4v) is 3.45. The van der Waals surface area contributed by atoms with E-state index in [2.05, 4.69) is 0 Å². The van der Waals surface area contributed by atoms with Gasteiger partial charge in [-0.25, -0.2) is 8.78 Å². The second-order valence-electron chi connectivity index (χ2n) is 6.29. The van der Waals surface area contributed by atoms with Crippen molar-refractivity contribution < 1.29 is 13.6 Å². The highest BCUT2D eigenvalue weighted by Gasteiger charge is 2.48. The summed E-state index contributed by atoms with van der Waals surface area (Å²) in [5.41, 5.74) is 6.13. The van der Waals surface area contributed by atoms with Crippen LogP contribution in [-0.4, -0.2) is 29.9 Å². The van der Waals surface area contributed by atoms with Crippen LogP contribution in [0.5, 0.6) is 0 Å². The van der Waals surface area contributed by atoms with Gasteiger partial charge >= 0.3 is 0 Å². The molecule has 21 heavy (non-hydrogen) atoms. The minimum absolute atomic E-state index is 0.0900. The molecule has 1 aliphatic carbocycles. The van der Waals surface area contributed by atoms with Gasteiger partial charge in [-0.15, -0.1) is 0 Å². The summed E-state index contributed by atoms with van der Waals surface area (Å²) in [4.78, 5) is 14.4. The van der Waals surface area contributed by atoms with E-state index in [-0.39, 0.29) is 23.8 Å². The summed E-state index contributed by atoms with van der Waals surface area (Å²) >= 11 is 0. The largest absolute Gasteiger partial charge is 0.339 e. The zero-order chi connectivity index (χ0) is 15.1. The molecule has 2 fully saturated rings. The number of carbonyl (C=O) groups excluding carboxylic acids is 1. The summed E-state index contributed by atoms with van der Waals surface area (Å²) in [6, 6.07) is 3.79. The molecule has 3 nitrogen and oxygen atoms in total. The Morgan fingerprint density at radius 2 is 2.14 bits per heavy atom. The van der Waals surface area contributed by atoms with E-state index < -0.39 is 11.6 Å². The van der Waals surface area contributed by atoms with Gasteiger partial charge in [0.15, 0.2) is 0 Å². The van der Waals surface area contributed by atoms with Crippen LogP contribution in [0.4, 0.5) is 8.78 Å². The van der Waals surface area contributed by atoms with Gasteiger partial charge in [0.05, 0.1) is 0 Å². The first-order valence-corrected chi connectivity index (χ1v) is 7.46. The number of likely N-dealkylation sites (tertiary alicyclic amines) is 1. The lowest BCUT2D eigenvalue weighted by atomic mass is 10.1. The Balaban J connectivity index is 1.69. The molecule has 2 aliphatic rings. The van der Waals surface area contributed by atoms with Crippen molar-refractivity contribution in [2.75, 3.05) is 13.1 Å². The van der Waals surface area contributed by atoms with Crippen molar-refractivity contribution in [1.82, 2.24) is 4.90 Å². The first-order chi connectivity index (χ1) is 10.0.